The molecular weight excluding hydrogens is 306 g/mol. The number of thiophene rings is 1. The van der Waals surface area contributed by atoms with Crippen LogP contribution in [0.5, 0.6) is 0 Å². The van der Waals surface area contributed by atoms with Crippen LogP contribution in [0.1, 0.15) is 10.4 Å². The van der Waals surface area contributed by atoms with Gasteiger partial charge >= 0.3 is 6.03 Å². The van der Waals surface area contributed by atoms with Crippen molar-refractivity contribution in [2.24, 2.45) is 0 Å². The first-order chi connectivity index (χ1) is 11.3. The van der Waals surface area contributed by atoms with E-state index in [1.165, 1.54) is 10.4 Å². The average Bonchev–Trinajstić information content (AvgIpc) is 3.17. The minimum absolute atomic E-state index is 0.203. The van der Waals surface area contributed by atoms with Gasteiger partial charge in [-0.1, -0.05) is 36.4 Å². The SMILES string of the molecule is O=C1N(Cc2ccccc2)CC2CN(Cc3cccs3)CCN12. The van der Waals surface area contributed by atoms with Crippen molar-refractivity contribution in [1.82, 2.24) is 14.7 Å². The van der Waals surface area contributed by atoms with Gasteiger partial charge in [-0.05, 0) is 17.0 Å². The highest BCUT2D eigenvalue weighted by Crippen LogP contribution is 2.24. The molecule has 23 heavy (non-hydrogen) atoms. The molecule has 2 aliphatic heterocycles. The topological polar surface area (TPSA) is 26.8 Å². The van der Waals surface area contributed by atoms with Gasteiger partial charge < -0.3 is 9.80 Å². The Morgan fingerprint density at radius 2 is 1.87 bits per heavy atom. The lowest BCUT2D eigenvalue weighted by Crippen LogP contribution is -2.51. The Balaban J connectivity index is 1.39. The van der Waals surface area contributed by atoms with Crippen LogP contribution in [0.3, 0.4) is 0 Å². The molecule has 5 heteroatoms. The lowest BCUT2D eigenvalue weighted by molar-refractivity contribution is 0.117. The van der Waals surface area contributed by atoms with Crippen molar-refractivity contribution in [2.75, 3.05) is 26.2 Å². The molecule has 0 bridgehead atoms. The van der Waals surface area contributed by atoms with Gasteiger partial charge in [0.25, 0.3) is 0 Å². The summed E-state index contributed by atoms with van der Waals surface area (Å²) in [6.07, 6.45) is 0. The van der Waals surface area contributed by atoms with Crippen molar-refractivity contribution in [3.8, 4) is 0 Å². The van der Waals surface area contributed by atoms with Gasteiger partial charge in [0, 0.05) is 44.1 Å². The minimum atomic E-state index is 0.203. The van der Waals surface area contributed by atoms with Crippen molar-refractivity contribution < 1.29 is 4.79 Å². The molecule has 0 radical (unpaired) electrons. The summed E-state index contributed by atoms with van der Waals surface area (Å²) in [6.45, 7) is 5.37. The molecule has 2 saturated heterocycles. The van der Waals surface area contributed by atoms with Crippen LogP contribution in [0.2, 0.25) is 0 Å². The van der Waals surface area contributed by atoms with E-state index in [9.17, 15) is 4.79 Å². The van der Waals surface area contributed by atoms with Crippen LogP contribution in [0.25, 0.3) is 0 Å². The third-order valence-electron chi connectivity index (χ3n) is 4.69. The fraction of sp³-hybridized carbons (Fsp3) is 0.389. The summed E-state index contributed by atoms with van der Waals surface area (Å²) >= 11 is 1.81. The number of amides is 2. The summed E-state index contributed by atoms with van der Waals surface area (Å²) in [5, 5.41) is 2.13. The zero-order valence-corrected chi connectivity index (χ0v) is 13.9. The molecule has 2 aromatic rings. The first kappa shape index (κ1) is 14.7. The molecule has 3 heterocycles. The number of fused-ring (bicyclic) bond motifs is 1. The number of benzene rings is 1. The molecule has 0 spiro atoms. The molecule has 2 aliphatic rings. The summed E-state index contributed by atoms with van der Waals surface area (Å²) in [6, 6.07) is 15.1. The lowest BCUT2D eigenvalue weighted by Gasteiger charge is -2.36. The molecule has 1 aromatic carbocycles. The van der Waals surface area contributed by atoms with Crippen LogP contribution in [-0.4, -0.2) is 53.0 Å². The highest BCUT2D eigenvalue weighted by Gasteiger charge is 2.40. The second-order valence-corrected chi connectivity index (χ2v) is 7.34. The summed E-state index contributed by atoms with van der Waals surface area (Å²) in [7, 11) is 0. The fourth-order valence-corrected chi connectivity index (χ4v) is 4.29. The third kappa shape index (κ3) is 3.12. The maximum absolute atomic E-state index is 12.6. The van der Waals surface area contributed by atoms with Crippen molar-refractivity contribution in [3.63, 3.8) is 0 Å². The van der Waals surface area contributed by atoms with E-state index in [0.29, 0.717) is 6.04 Å². The number of rotatable bonds is 4. The quantitative estimate of drug-likeness (QED) is 0.863. The van der Waals surface area contributed by atoms with Crippen LogP contribution in [0.4, 0.5) is 4.79 Å². The first-order valence-corrected chi connectivity index (χ1v) is 9.02. The van der Waals surface area contributed by atoms with Crippen LogP contribution >= 0.6 is 11.3 Å². The number of carbonyl (C=O) groups is 1. The molecule has 4 rings (SSSR count). The van der Waals surface area contributed by atoms with Gasteiger partial charge in [0.2, 0.25) is 0 Å². The molecule has 120 valence electrons. The molecule has 1 atom stereocenters. The van der Waals surface area contributed by atoms with E-state index in [1.807, 2.05) is 34.4 Å². The number of nitrogens with zero attached hydrogens (tertiary/aromatic N) is 3. The standard InChI is InChI=1S/C18H21N3OS/c22-18-20(11-15-5-2-1-3-6-15)13-16-12-19(8-9-21(16)18)14-17-7-4-10-23-17/h1-7,10,16H,8-9,11-14H2. The van der Waals surface area contributed by atoms with Gasteiger partial charge in [-0.3, -0.25) is 4.90 Å². The van der Waals surface area contributed by atoms with Gasteiger partial charge in [-0.2, -0.15) is 0 Å². The van der Waals surface area contributed by atoms with E-state index in [2.05, 4.69) is 39.4 Å². The van der Waals surface area contributed by atoms with Gasteiger partial charge in [-0.15, -0.1) is 11.3 Å². The van der Waals surface area contributed by atoms with E-state index in [0.717, 1.165) is 39.3 Å². The van der Waals surface area contributed by atoms with Gasteiger partial charge in [0.1, 0.15) is 0 Å². The third-order valence-corrected chi connectivity index (χ3v) is 5.55. The van der Waals surface area contributed by atoms with Gasteiger partial charge in [0.15, 0.2) is 0 Å². The Labute approximate surface area is 140 Å². The van der Waals surface area contributed by atoms with Gasteiger partial charge in [-0.25, -0.2) is 4.79 Å². The monoisotopic (exact) mass is 327 g/mol. The van der Waals surface area contributed by atoms with E-state index >= 15 is 0 Å². The molecular formula is C18H21N3OS. The molecule has 0 N–H and O–H groups in total. The summed E-state index contributed by atoms with van der Waals surface area (Å²) < 4.78 is 0. The highest BCUT2D eigenvalue weighted by molar-refractivity contribution is 7.09. The zero-order chi connectivity index (χ0) is 15.6. The zero-order valence-electron chi connectivity index (χ0n) is 13.1. The average molecular weight is 327 g/mol. The van der Waals surface area contributed by atoms with Crippen molar-refractivity contribution in [3.05, 3.63) is 58.3 Å². The Bertz CT molecular complexity index is 658. The Kier molecular flexibility index (Phi) is 4.06. The van der Waals surface area contributed by atoms with E-state index in [1.54, 1.807) is 0 Å². The Morgan fingerprint density at radius 1 is 1.00 bits per heavy atom. The van der Waals surface area contributed by atoms with E-state index in [4.69, 9.17) is 0 Å². The summed E-state index contributed by atoms with van der Waals surface area (Å²) in [5.74, 6) is 0. The predicted molar refractivity (Wildman–Crippen MR) is 92.3 cm³/mol. The smallest absolute Gasteiger partial charge is 0.318 e. The molecule has 2 amide bonds. The second kappa shape index (κ2) is 6.34. The molecule has 1 aromatic heterocycles. The Morgan fingerprint density at radius 3 is 2.65 bits per heavy atom. The van der Waals surface area contributed by atoms with E-state index < -0.39 is 0 Å². The van der Waals surface area contributed by atoms with Crippen molar-refractivity contribution >= 4 is 17.4 Å². The Hall–Kier alpha value is -1.85. The number of urea groups is 1. The molecule has 1 unspecified atom stereocenters. The summed E-state index contributed by atoms with van der Waals surface area (Å²) in [4.78, 5) is 20.5. The lowest BCUT2D eigenvalue weighted by atomic mass is 10.2. The fourth-order valence-electron chi connectivity index (χ4n) is 3.54. The van der Waals surface area contributed by atoms with Gasteiger partial charge in [0.05, 0.1) is 6.04 Å². The number of carbonyl (C=O) groups excluding carboxylic acids is 1. The molecule has 4 nitrogen and oxygen atoms in total. The largest absolute Gasteiger partial charge is 0.320 e. The van der Waals surface area contributed by atoms with Crippen molar-refractivity contribution in [1.29, 1.82) is 0 Å². The first-order valence-electron chi connectivity index (χ1n) is 8.14. The second-order valence-electron chi connectivity index (χ2n) is 6.31. The van der Waals surface area contributed by atoms with Crippen LogP contribution in [-0.2, 0) is 13.1 Å². The van der Waals surface area contributed by atoms with Crippen LogP contribution in [0.15, 0.2) is 47.8 Å². The highest BCUT2D eigenvalue weighted by atomic mass is 32.1. The normalized spacial score (nSPS) is 21.7. The molecule has 0 aliphatic carbocycles. The van der Waals surface area contributed by atoms with Crippen molar-refractivity contribution in [2.45, 2.75) is 19.1 Å². The minimum Gasteiger partial charge on any atom is -0.318 e. The number of hydrogen-bond acceptors (Lipinski definition) is 3. The maximum Gasteiger partial charge on any atom is 0.320 e. The molecule has 2 fully saturated rings. The predicted octanol–water partition coefficient (Wildman–Crippen LogP) is 2.87. The van der Waals surface area contributed by atoms with E-state index in [-0.39, 0.29) is 6.03 Å². The van der Waals surface area contributed by atoms with Crippen LogP contribution < -0.4 is 0 Å². The maximum atomic E-state index is 12.6. The summed E-state index contributed by atoms with van der Waals surface area (Å²) in [5.41, 5.74) is 1.20. The molecule has 0 saturated carbocycles. The number of hydrogen-bond donors (Lipinski definition) is 0. The number of piperazine rings is 1. The van der Waals surface area contributed by atoms with Crippen LogP contribution in [0, 0.1) is 0 Å².